The highest BCUT2D eigenvalue weighted by Crippen LogP contribution is 2.36. The summed E-state index contributed by atoms with van der Waals surface area (Å²) in [7, 11) is 1.27. The molecule has 0 saturated heterocycles. The van der Waals surface area contributed by atoms with Gasteiger partial charge >= 0.3 is 5.97 Å². The number of carbonyl (C=O) groups excluding carboxylic acids is 2. The van der Waals surface area contributed by atoms with Gasteiger partial charge in [-0.1, -0.05) is 47.6 Å². The van der Waals surface area contributed by atoms with Crippen molar-refractivity contribution in [3.63, 3.8) is 0 Å². The minimum Gasteiger partial charge on any atom is -0.481 e. The average molecular weight is 575 g/mol. The third kappa shape index (κ3) is 6.17. The summed E-state index contributed by atoms with van der Waals surface area (Å²) in [6.07, 6.45) is -0.427. The summed E-state index contributed by atoms with van der Waals surface area (Å²) in [5.41, 5.74) is 1.40. The summed E-state index contributed by atoms with van der Waals surface area (Å²) in [6.45, 7) is 4.37. The highest BCUT2D eigenvalue weighted by molar-refractivity contribution is 7.99. The van der Waals surface area contributed by atoms with E-state index >= 15 is 0 Å². The van der Waals surface area contributed by atoms with Crippen molar-refractivity contribution in [3.05, 3.63) is 76.1 Å². The van der Waals surface area contributed by atoms with E-state index in [1.54, 1.807) is 29.6 Å². The van der Waals surface area contributed by atoms with Gasteiger partial charge in [0.1, 0.15) is 22.1 Å². The first-order chi connectivity index (χ1) is 18.3. The molecule has 38 heavy (non-hydrogen) atoms. The van der Waals surface area contributed by atoms with Crippen LogP contribution < -0.4 is 10.1 Å². The Morgan fingerprint density at radius 1 is 1.18 bits per heavy atom. The number of amides is 1. The molecule has 1 amide bonds. The van der Waals surface area contributed by atoms with E-state index in [4.69, 9.17) is 21.1 Å². The fraction of sp³-hybridized carbons (Fsp3) is 0.231. The highest BCUT2D eigenvalue weighted by Gasteiger charge is 2.24. The second-order valence-electron chi connectivity index (χ2n) is 7.96. The molecule has 0 spiro atoms. The van der Waals surface area contributed by atoms with Crippen LogP contribution >= 0.6 is 34.7 Å². The third-order valence-corrected chi connectivity index (χ3v) is 7.66. The molecule has 1 atom stereocenters. The van der Waals surface area contributed by atoms with Crippen LogP contribution in [0.3, 0.4) is 0 Å². The zero-order valence-electron chi connectivity index (χ0n) is 20.7. The number of thioether (sulfide) groups is 1. The molecule has 0 bridgehead atoms. The second-order valence-corrected chi connectivity index (χ2v) is 10.2. The quantitative estimate of drug-likeness (QED) is 0.171. The van der Waals surface area contributed by atoms with E-state index in [9.17, 15) is 14.0 Å². The van der Waals surface area contributed by atoms with Crippen molar-refractivity contribution in [2.75, 3.05) is 18.2 Å². The number of benzene rings is 2. The number of aromatic nitrogens is 3. The Morgan fingerprint density at radius 3 is 2.61 bits per heavy atom. The van der Waals surface area contributed by atoms with E-state index < -0.39 is 12.1 Å². The standard InChI is InChI=1S/C26H24ClFN4O4S2/c1-4-32-23(15(2)36-20-8-6-5-7-19(20)27)30-31-26(32)38-14-21(33)29-24-22(25(34)35-3)18(13-37-24)16-9-11-17(28)12-10-16/h5-13,15H,4,14H2,1-3H3,(H,29,33). The Labute approximate surface area is 232 Å². The van der Waals surface area contributed by atoms with Crippen molar-refractivity contribution < 1.29 is 23.5 Å². The van der Waals surface area contributed by atoms with Gasteiger partial charge in [-0.05, 0) is 43.7 Å². The number of esters is 1. The van der Waals surface area contributed by atoms with Crippen LogP contribution in [0.25, 0.3) is 11.1 Å². The first-order valence-electron chi connectivity index (χ1n) is 11.5. The van der Waals surface area contributed by atoms with E-state index in [0.717, 1.165) is 0 Å². The predicted octanol–water partition coefficient (Wildman–Crippen LogP) is 6.48. The normalized spacial score (nSPS) is 11.7. The maximum atomic E-state index is 13.4. The molecule has 0 aliphatic heterocycles. The maximum Gasteiger partial charge on any atom is 0.341 e. The zero-order valence-corrected chi connectivity index (χ0v) is 23.1. The largest absolute Gasteiger partial charge is 0.481 e. The molecule has 2 aromatic carbocycles. The Morgan fingerprint density at radius 2 is 1.92 bits per heavy atom. The Kier molecular flexibility index (Phi) is 9.03. The van der Waals surface area contributed by atoms with E-state index in [2.05, 4.69) is 15.5 Å². The van der Waals surface area contributed by atoms with E-state index in [1.807, 2.05) is 30.5 Å². The minimum atomic E-state index is -0.601. The Hall–Kier alpha value is -3.41. The number of nitrogens with one attached hydrogen (secondary N) is 1. The molecule has 198 valence electrons. The summed E-state index contributed by atoms with van der Waals surface area (Å²) in [4.78, 5) is 25.4. The fourth-order valence-electron chi connectivity index (χ4n) is 3.68. The second kappa shape index (κ2) is 12.4. The lowest BCUT2D eigenvalue weighted by molar-refractivity contribution is -0.113. The first kappa shape index (κ1) is 27.6. The summed E-state index contributed by atoms with van der Waals surface area (Å²) >= 11 is 8.61. The van der Waals surface area contributed by atoms with Gasteiger partial charge in [-0.3, -0.25) is 4.79 Å². The van der Waals surface area contributed by atoms with Crippen molar-refractivity contribution in [1.29, 1.82) is 0 Å². The topological polar surface area (TPSA) is 95.3 Å². The molecule has 0 aliphatic carbocycles. The van der Waals surface area contributed by atoms with Gasteiger partial charge in [-0.25, -0.2) is 9.18 Å². The van der Waals surface area contributed by atoms with Crippen LogP contribution in [0.1, 0.15) is 36.1 Å². The van der Waals surface area contributed by atoms with Crippen molar-refractivity contribution in [1.82, 2.24) is 14.8 Å². The molecule has 4 rings (SSSR count). The molecule has 1 unspecified atom stereocenters. The number of para-hydroxylation sites is 1. The molecule has 0 fully saturated rings. The van der Waals surface area contributed by atoms with Crippen LogP contribution in [0.2, 0.25) is 5.02 Å². The summed E-state index contributed by atoms with van der Waals surface area (Å²) in [5.74, 6) is -0.148. The van der Waals surface area contributed by atoms with Crippen LogP contribution in [-0.4, -0.2) is 39.5 Å². The Bertz CT molecular complexity index is 1440. The van der Waals surface area contributed by atoms with Gasteiger partial charge in [0.25, 0.3) is 0 Å². The molecule has 4 aromatic rings. The molecule has 2 heterocycles. The maximum absolute atomic E-state index is 13.4. The number of carbonyl (C=O) groups is 2. The lowest BCUT2D eigenvalue weighted by Gasteiger charge is -2.16. The average Bonchev–Trinajstić information content (AvgIpc) is 3.52. The van der Waals surface area contributed by atoms with Crippen molar-refractivity contribution in [2.45, 2.75) is 31.7 Å². The number of thiophene rings is 1. The number of rotatable bonds is 10. The van der Waals surface area contributed by atoms with Crippen molar-refractivity contribution in [2.24, 2.45) is 0 Å². The number of hydrogen-bond acceptors (Lipinski definition) is 8. The zero-order chi connectivity index (χ0) is 27.2. The van der Waals surface area contributed by atoms with Crippen LogP contribution in [0.5, 0.6) is 5.75 Å². The lowest BCUT2D eigenvalue weighted by atomic mass is 10.0. The van der Waals surface area contributed by atoms with Gasteiger partial charge < -0.3 is 19.4 Å². The molecule has 8 nitrogen and oxygen atoms in total. The van der Waals surface area contributed by atoms with Crippen LogP contribution in [0.4, 0.5) is 9.39 Å². The molecule has 1 N–H and O–H groups in total. The molecule has 12 heteroatoms. The lowest BCUT2D eigenvalue weighted by Crippen LogP contribution is -2.17. The van der Waals surface area contributed by atoms with Gasteiger partial charge in [-0.15, -0.1) is 21.5 Å². The Balaban J connectivity index is 1.46. The molecule has 0 saturated carbocycles. The number of hydrogen-bond donors (Lipinski definition) is 1. The van der Waals surface area contributed by atoms with Gasteiger partial charge in [0.05, 0.1) is 17.9 Å². The van der Waals surface area contributed by atoms with Gasteiger partial charge in [0.2, 0.25) is 5.91 Å². The summed E-state index contributed by atoms with van der Waals surface area (Å²) in [5, 5.41) is 14.4. The number of ether oxygens (including phenoxy) is 2. The van der Waals surface area contributed by atoms with Gasteiger partial charge in [0, 0.05) is 17.5 Å². The van der Waals surface area contributed by atoms with E-state index in [0.29, 0.717) is 44.4 Å². The molecular weight excluding hydrogens is 551 g/mol. The smallest absolute Gasteiger partial charge is 0.341 e. The predicted molar refractivity (Wildman–Crippen MR) is 147 cm³/mol. The number of halogens is 2. The van der Waals surface area contributed by atoms with Crippen LogP contribution in [0, 0.1) is 5.82 Å². The fourth-order valence-corrected chi connectivity index (χ4v) is 5.64. The first-order valence-corrected chi connectivity index (χ1v) is 13.8. The van der Waals surface area contributed by atoms with Crippen molar-refractivity contribution >= 4 is 51.6 Å². The number of anilines is 1. The SMILES string of the molecule is CCn1c(SCC(=O)Nc2scc(-c3ccc(F)cc3)c2C(=O)OC)nnc1C(C)Oc1ccccc1Cl. The highest BCUT2D eigenvalue weighted by atomic mass is 35.5. The summed E-state index contributed by atoms with van der Waals surface area (Å²) in [6, 6.07) is 12.9. The van der Waals surface area contributed by atoms with E-state index in [1.165, 1.54) is 42.3 Å². The molecule has 0 radical (unpaired) electrons. The minimum absolute atomic E-state index is 0.0300. The third-order valence-electron chi connectivity index (χ3n) is 5.49. The van der Waals surface area contributed by atoms with Crippen LogP contribution in [0.15, 0.2) is 59.1 Å². The number of nitrogens with zero attached hydrogens (tertiary/aromatic N) is 3. The molecule has 0 aliphatic rings. The van der Waals surface area contributed by atoms with Gasteiger partial charge in [-0.2, -0.15) is 0 Å². The molecular formula is C26H24ClFN4O4S2. The summed E-state index contributed by atoms with van der Waals surface area (Å²) < 4.78 is 26.2. The monoisotopic (exact) mass is 574 g/mol. The van der Waals surface area contributed by atoms with Crippen molar-refractivity contribution in [3.8, 4) is 16.9 Å². The van der Waals surface area contributed by atoms with Gasteiger partial charge in [0.15, 0.2) is 17.1 Å². The van der Waals surface area contributed by atoms with Crippen LogP contribution in [-0.2, 0) is 16.1 Å². The van der Waals surface area contributed by atoms with E-state index in [-0.39, 0.29) is 23.0 Å². The molecule has 2 aromatic heterocycles. The number of methoxy groups -OCH3 is 1.